The lowest BCUT2D eigenvalue weighted by molar-refractivity contribution is -0.00537. The van der Waals surface area contributed by atoms with Crippen molar-refractivity contribution in [2.75, 3.05) is 24.6 Å². The highest BCUT2D eigenvalue weighted by molar-refractivity contribution is 7.19. The van der Waals surface area contributed by atoms with E-state index in [1.807, 2.05) is 26.0 Å². The van der Waals surface area contributed by atoms with Crippen LogP contribution >= 0.6 is 11.3 Å². The smallest absolute Gasteiger partial charge is 0.141 e. The van der Waals surface area contributed by atoms with Crippen LogP contribution in [0.1, 0.15) is 31.5 Å². The van der Waals surface area contributed by atoms with Gasteiger partial charge < -0.3 is 14.4 Å². The van der Waals surface area contributed by atoms with Gasteiger partial charge in [-0.15, -0.1) is 11.3 Å². The third-order valence-electron chi connectivity index (χ3n) is 4.99. The molecule has 3 aromatic rings. The van der Waals surface area contributed by atoms with Crippen LogP contribution in [0, 0.1) is 13.8 Å². The lowest BCUT2D eigenvalue weighted by Crippen LogP contribution is -2.46. The number of ether oxygens (including phenoxy) is 2. The predicted molar refractivity (Wildman–Crippen MR) is 116 cm³/mol. The topological polar surface area (TPSA) is 47.5 Å². The molecule has 148 valence electrons. The molecule has 3 heterocycles. The van der Waals surface area contributed by atoms with Crippen molar-refractivity contribution in [2.24, 2.45) is 0 Å². The van der Waals surface area contributed by atoms with Crippen LogP contribution in [0.15, 0.2) is 24.3 Å². The first-order valence-electron chi connectivity index (χ1n) is 9.87. The van der Waals surface area contributed by atoms with Crippen molar-refractivity contribution in [1.29, 1.82) is 0 Å². The molecule has 2 atom stereocenters. The molecule has 0 amide bonds. The van der Waals surface area contributed by atoms with Gasteiger partial charge >= 0.3 is 0 Å². The van der Waals surface area contributed by atoms with Gasteiger partial charge in [-0.1, -0.05) is 12.1 Å². The molecule has 0 radical (unpaired) electrons. The Morgan fingerprint density at radius 1 is 1.11 bits per heavy atom. The van der Waals surface area contributed by atoms with Crippen molar-refractivity contribution in [1.82, 2.24) is 9.97 Å². The zero-order chi connectivity index (χ0) is 19.8. The summed E-state index contributed by atoms with van der Waals surface area (Å²) in [6.07, 6.45) is 0.366. The number of anilines is 1. The maximum Gasteiger partial charge on any atom is 0.141 e. The Morgan fingerprint density at radius 2 is 1.79 bits per heavy atom. The first-order chi connectivity index (χ1) is 13.5. The molecule has 6 heteroatoms. The summed E-state index contributed by atoms with van der Waals surface area (Å²) in [4.78, 5) is 14.3. The highest BCUT2D eigenvalue weighted by atomic mass is 32.1. The Morgan fingerprint density at radius 3 is 2.43 bits per heavy atom. The first-order valence-corrected chi connectivity index (χ1v) is 10.7. The van der Waals surface area contributed by atoms with Crippen LogP contribution in [0.2, 0.25) is 0 Å². The fraction of sp³-hybridized carbons (Fsp3) is 0.455. The van der Waals surface area contributed by atoms with Crippen LogP contribution < -0.4 is 9.64 Å². The van der Waals surface area contributed by atoms with Gasteiger partial charge in [0.25, 0.3) is 0 Å². The van der Waals surface area contributed by atoms with Gasteiger partial charge in [-0.05, 0) is 52.3 Å². The summed E-state index contributed by atoms with van der Waals surface area (Å²) in [5.41, 5.74) is 2.40. The fourth-order valence-electron chi connectivity index (χ4n) is 4.01. The van der Waals surface area contributed by atoms with Crippen molar-refractivity contribution in [2.45, 2.75) is 46.8 Å². The van der Waals surface area contributed by atoms with Gasteiger partial charge in [-0.3, -0.25) is 0 Å². The van der Waals surface area contributed by atoms with Crippen LogP contribution in [-0.4, -0.2) is 41.9 Å². The SMILES string of the molecule is CCOc1ccc(-c2c(C)sc3nc(C)nc(N4CC(C)OC(C)C4)c23)cc1. The molecule has 1 fully saturated rings. The molecule has 0 aliphatic carbocycles. The molecule has 2 unspecified atom stereocenters. The lowest BCUT2D eigenvalue weighted by atomic mass is 10.0. The van der Waals surface area contributed by atoms with E-state index in [0.717, 1.165) is 40.7 Å². The van der Waals surface area contributed by atoms with E-state index in [4.69, 9.17) is 19.4 Å². The minimum Gasteiger partial charge on any atom is -0.494 e. The van der Waals surface area contributed by atoms with Crippen LogP contribution in [0.5, 0.6) is 5.75 Å². The Balaban J connectivity index is 1.86. The largest absolute Gasteiger partial charge is 0.494 e. The lowest BCUT2D eigenvalue weighted by Gasteiger charge is -2.36. The second-order valence-electron chi connectivity index (χ2n) is 7.43. The summed E-state index contributed by atoms with van der Waals surface area (Å²) in [5, 5.41) is 1.15. The van der Waals surface area contributed by atoms with Crippen LogP contribution in [0.3, 0.4) is 0 Å². The third kappa shape index (κ3) is 3.59. The molecule has 5 nitrogen and oxygen atoms in total. The third-order valence-corrected chi connectivity index (χ3v) is 5.99. The molecule has 1 saturated heterocycles. The molecule has 4 rings (SSSR count). The number of aryl methyl sites for hydroxylation is 2. The maximum atomic E-state index is 5.94. The monoisotopic (exact) mass is 397 g/mol. The summed E-state index contributed by atoms with van der Waals surface area (Å²) in [6, 6.07) is 8.34. The van der Waals surface area contributed by atoms with Crippen molar-refractivity contribution in [3.05, 3.63) is 35.0 Å². The number of thiophene rings is 1. The molecule has 1 aliphatic heterocycles. The zero-order valence-electron chi connectivity index (χ0n) is 17.2. The Bertz CT molecular complexity index is 974. The molecule has 0 N–H and O–H groups in total. The van der Waals surface area contributed by atoms with E-state index >= 15 is 0 Å². The van der Waals surface area contributed by atoms with Crippen LogP contribution in [0.25, 0.3) is 21.3 Å². The van der Waals surface area contributed by atoms with Crippen LogP contribution in [-0.2, 0) is 4.74 Å². The number of hydrogen-bond donors (Lipinski definition) is 0. The van der Waals surface area contributed by atoms with Gasteiger partial charge in [-0.25, -0.2) is 9.97 Å². The number of aromatic nitrogens is 2. The average molecular weight is 398 g/mol. The summed E-state index contributed by atoms with van der Waals surface area (Å²) in [7, 11) is 0. The van der Waals surface area contributed by atoms with E-state index in [1.165, 1.54) is 16.0 Å². The first kappa shape index (κ1) is 19.2. The van der Waals surface area contributed by atoms with Gasteiger partial charge in [0.15, 0.2) is 0 Å². The molecule has 0 spiro atoms. The van der Waals surface area contributed by atoms with E-state index in [1.54, 1.807) is 11.3 Å². The number of rotatable bonds is 4. The van der Waals surface area contributed by atoms with Crippen molar-refractivity contribution in [3.63, 3.8) is 0 Å². The normalized spacial score (nSPS) is 20.0. The molecule has 1 aromatic carbocycles. The molecule has 0 saturated carbocycles. The Labute approximate surface area is 170 Å². The highest BCUT2D eigenvalue weighted by Gasteiger charge is 2.27. The highest BCUT2D eigenvalue weighted by Crippen LogP contribution is 2.42. The predicted octanol–water partition coefficient (Wildman–Crippen LogP) is 4.99. The number of fused-ring (bicyclic) bond motifs is 1. The number of benzene rings is 1. The Kier molecular flexibility index (Phi) is 5.25. The minimum absolute atomic E-state index is 0.183. The maximum absolute atomic E-state index is 5.94. The average Bonchev–Trinajstić information content (AvgIpc) is 2.96. The molecule has 1 aliphatic rings. The van der Waals surface area contributed by atoms with Gasteiger partial charge in [0, 0.05) is 23.5 Å². The summed E-state index contributed by atoms with van der Waals surface area (Å²) >= 11 is 1.74. The zero-order valence-corrected chi connectivity index (χ0v) is 18.0. The molecular weight excluding hydrogens is 370 g/mol. The standard InChI is InChI=1S/C22H27N3O2S/c1-6-26-18-9-7-17(8-10-18)19-15(4)28-22-20(19)21(23-16(5)24-22)25-11-13(2)27-14(3)12-25/h7-10,13-14H,6,11-12H2,1-5H3. The van der Waals surface area contributed by atoms with E-state index in [-0.39, 0.29) is 12.2 Å². The van der Waals surface area contributed by atoms with E-state index in [9.17, 15) is 0 Å². The molecule has 0 bridgehead atoms. The van der Waals surface area contributed by atoms with E-state index in [2.05, 4.69) is 37.8 Å². The minimum atomic E-state index is 0.183. The van der Waals surface area contributed by atoms with Crippen molar-refractivity contribution in [3.8, 4) is 16.9 Å². The quantitative estimate of drug-likeness (QED) is 0.621. The van der Waals surface area contributed by atoms with Gasteiger partial charge in [0.1, 0.15) is 22.2 Å². The fourth-order valence-corrected chi connectivity index (χ4v) is 5.09. The van der Waals surface area contributed by atoms with Crippen molar-refractivity contribution >= 4 is 27.4 Å². The molecule has 2 aromatic heterocycles. The molecule has 28 heavy (non-hydrogen) atoms. The van der Waals surface area contributed by atoms with Crippen molar-refractivity contribution < 1.29 is 9.47 Å². The summed E-state index contributed by atoms with van der Waals surface area (Å²) < 4.78 is 11.5. The van der Waals surface area contributed by atoms with E-state index in [0.29, 0.717) is 6.61 Å². The van der Waals surface area contributed by atoms with Gasteiger partial charge in [-0.2, -0.15) is 0 Å². The summed E-state index contributed by atoms with van der Waals surface area (Å²) in [5.74, 6) is 2.73. The number of hydrogen-bond acceptors (Lipinski definition) is 6. The molecular formula is C22H27N3O2S. The number of nitrogens with zero attached hydrogens (tertiary/aromatic N) is 3. The second-order valence-corrected chi connectivity index (χ2v) is 8.63. The van der Waals surface area contributed by atoms with Gasteiger partial charge in [0.2, 0.25) is 0 Å². The summed E-state index contributed by atoms with van der Waals surface area (Å²) in [6.45, 7) is 12.7. The van der Waals surface area contributed by atoms with E-state index < -0.39 is 0 Å². The van der Waals surface area contributed by atoms with Crippen LogP contribution in [0.4, 0.5) is 5.82 Å². The van der Waals surface area contributed by atoms with Gasteiger partial charge in [0.05, 0.1) is 24.2 Å². The Hall–Kier alpha value is -2.18. The number of morpholine rings is 1. The second kappa shape index (κ2) is 7.68.